The lowest BCUT2D eigenvalue weighted by atomic mass is 10.1. The molecule has 1 aromatic rings. The lowest BCUT2D eigenvalue weighted by Crippen LogP contribution is -2.29. The van der Waals surface area contributed by atoms with Crippen molar-refractivity contribution in [3.63, 3.8) is 0 Å². The quantitative estimate of drug-likeness (QED) is 0.496. The van der Waals surface area contributed by atoms with Crippen LogP contribution in [-0.4, -0.2) is 24.4 Å². The van der Waals surface area contributed by atoms with Crippen LogP contribution in [0.5, 0.6) is 0 Å². The minimum atomic E-state index is 0.177. The monoisotopic (exact) mass is 262 g/mol. The van der Waals surface area contributed by atoms with Crippen molar-refractivity contribution in [3.8, 4) is 0 Å². The normalized spacial score (nSPS) is 15.9. The number of nitrogens with one attached hydrogen (secondary N) is 1. The number of nitrogens with two attached hydrogens (primary N) is 1. The third-order valence-electron chi connectivity index (χ3n) is 3.00. The number of hydrogen-bond donors (Lipinski definition) is 2. The minimum absolute atomic E-state index is 0.177. The summed E-state index contributed by atoms with van der Waals surface area (Å²) >= 11 is 4.66. The van der Waals surface area contributed by atoms with Gasteiger partial charge in [-0.15, -0.1) is 0 Å². The molecule has 1 aliphatic rings. The van der Waals surface area contributed by atoms with Gasteiger partial charge in [0.1, 0.15) is 0 Å². The number of rotatable bonds is 3. The number of nitrogens with zero attached hydrogens (tertiary/aromatic N) is 2. The topological polar surface area (TPSA) is 53.6 Å². The van der Waals surface area contributed by atoms with Gasteiger partial charge in [-0.1, -0.05) is 12.1 Å². The molecule has 3 N–H and O–H groups in total. The summed E-state index contributed by atoms with van der Waals surface area (Å²) in [5.41, 5.74) is 10.1. The van der Waals surface area contributed by atoms with Crippen LogP contribution in [0.15, 0.2) is 29.4 Å². The van der Waals surface area contributed by atoms with Crippen LogP contribution in [0.4, 0.5) is 5.69 Å². The van der Waals surface area contributed by atoms with Crippen LogP contribution in [0.2, 0.25) is 0 Å². The van der Waals surface area contributed by atoms with E-state index in [1.54, 1.807) is 6.21 Å². The summed E-state index contributed by atoms with van der Waals surface area (Å²) in [6.45, 7) is 2.33. The van der Waals surface area contributed by atoms with Gasteiger partial charge in [0, 0.05) is 18.8 Å². The van der Waals surface area contributed by atoms with Gasteiger partial charge >= 0.3 is 0 Å². The molecule has 1 saturated heterocycles. The van der Waals surface area contributed by atoms with E-state index in [1.165, 1.54) is 24.9 Å². The van der Waals surface area contributed by atoms with E-state index in [2.05, 4.69) is 51.9 Å². The van der Waals surface area contributed by atoms with Crippen LogP contribution in [0.3, 0.4) is 0 Å². The summed E-state index contributed by atoms with van der Waals surface area (Å²) in [6, 6.07) is 8.37. The number of thiocarbonyl (C=S) groups is 1. The van der Waals surface area contributed by atoms with E-state index in [0.29, 0.717) is 0 Å². The molecule has 0 atom stereocenters. The Labute approximate surface area is 113 Å². The van der Waals surface area contributed by atoms with E-state index in [1.807, 2.05) is 0 Å². The standard InChI is InChI=1S/C13H18N4S/c14-13(18)16-15-10-11-4-6-12(7-5-11)17-8-2-1-3-9-17/h4-7,10H,1-3,8-9H2,(H3,14,16,18)/b15-10+. The van der Waals surface area contributed by atoms with Crippen LogP contribution in [0, 0.1) is 0 Å². The van der Waals surface area contributed by atoms with E-state index >= 15 is 0 Å². The zero-order chi connectivity index (χ0) is 12.8. The number of hydrogen-bond acceptors (Lipinski definition) is 3. The van der Waals surface area contributed by atoms with E-state index in [9.17, 15) is 0 Å². The smallest absolute Gasteiger partial charge is 0.184 e. The Morgan fingerprint density at radius 3 is 2.50 bits per heavy atom. The van der Waals surface area contributed by atoms with Crippen molar-refractivity contribution in [1.29, 1.82) is 0 Å². The molecule has 96 valence electrons. The molecule has 1 heterocycles. The SMILES string of the molecule is NC(=S)N/N=C/c1ccc(N2CCCCC2)cc1. The third-order valence-corrected chi connectivity index (χ3v) is 3.09. The maximum Gasteiger partial charge on any atom is 0.184 e. The first-order valence-corrected chi connectivity index (χ1v) is 6.60. The molecule has 0 radical (unpaired) electrons. The molecule has 0 aromatic heterocycles. The molecule has 1 fully saturated rings. The molecule has 1 aliphatic heterocycles. The molecule has 18 heavy (non-hydrogen) atoms. The first-order valence-electron chi connectivity index (χ1n) is 6.19. The lowest BCUT2D eigenvalue weighted by molar-refractivity contribution is 0.578. The van der Waals surface area contributed by atoms with Gasteiger partial charge in [0.15, 0.2) is 5.11 Å². The molecule has 0 unspecified atom stereocenters. The van der Waals surface area contributed by atoms with Gasteiger partial charge in [-0.25, -0.2) is 0 Å². The Kier molecular flexibility index (Phi) is 4.52. The van der Waals surface area contributed by atoms with Gasteiger partial charge in [0.05, 0.1) is 6.21 Å². The summed E-state index contributed by atoms with van der Waals surface area (Å²) in [5, 5.41) is 4.11. The van der Waals surface area contributed by atoms with Gasteiger partial charge in [-0.2, -0.15) is 5.10 Å². The predicted molar refractivity (Wildman–Crippen MR) is 80.0 cm³/mol. The zero-order valence-electron chi connectivity index (χ0n) is 10.3. The number of piperidine rings is 1. The Bertz CT molecular complexity index is 421. The van der Waals surface area contributed by atoms with Gasteiger partial charge in [-0.05, 0) is 49.2 Å². The molecule has 4 nitrogen and oxygen atoms in total. The highest BCUT2D eigenvalue weighted by Gasteiger charge is 2.09. The van der Waals surface area contributed by atoms with E-state index in [-0.39, 0.29) is 5.11 Å². The summed E-state index contributed by atoms with van der Waals surface area (Å²) in [7, 11) is 0. The number of benzene rings is 1. The fourth-order valence-electron chi connectivity index (χ4n) is 2.09. The second-order valence-corrected chi connectivity index (χ2v) is 4.81. The van der Waals surface area contributed by atoms with Crippen molar-refractivity contribution in [3.05, 3.63) is 29.8 Å². The molecule has 0 saturated carbocycles. The van der Waals surface area contributed by atoms with Crippen molar-refractivity contribution in [2.75, 3.05) is 18.0 Å². The van der Waals surface area contributed by atoms with E-state index in [4.69, 9.17) is 5.73 Å². The zero-order valence-corrected chi connectivity index (χ0v) is 11.1. The Morgan fingerprint density at radius 1 is 1.22 bits per heavy atom. The number of anilines is 1. The summed E-state index contributed by atoms with van der Waals surface area (Å²) in [5.74, 6) is 0. The van der Waals surface area contributed by atoms with E-state index in [0.717, 1.165) is 18.7 Å². The Morgan fingerprint density at radius 2 is 1.89 bits per heavy atom. The maximum atomic E-state index is 5.28. The summed E-state index contributed by atoms with van der Waals surface area (Å²) < 4.78 is 0. The number of hydrazone groups is 1. The molecule has 1 aromatic carbocycles. The van der Waals surface area contributed by atoms with Gasteiger partial charge in [0.25, 0.3) is 0 Å². The molecule has 0 aliphatic carbocycles. The molecule has 0 bridgehead atoms. The van der Waals surface area contributed by atoms with Crippen LogP contribution < -0.4 is 16.1 Å². The third kappa shape index (κ3) is 3.70. The highest BCUT2D eigenvalue weighted by Crippen LogP contribution is 2.19. The fraction of sp³-hybridized carbons (Fsp3) is 0.385. The second-order valence-electron chi connectivity index (χ2n) is 4.37. The predicted octanol–water partition coefficient (Wildman–Crippen LogP) is 1.84. The van der Waals surface area contributed by atoms with Crippen molar-refractivity contribution < 1.29 is 0 Å². The Hall–Kier alpha value is -1.62. The molecule has 5 heteroatoms. The highest BCUT2D eigenvalue weighted by molar-refractivity contribution is 7.80. The Balaban J connectivity index is 1.96. The van der Waals surface area contributed by atoms with E-state index < -0.39 is 0 Å². The molecule has 0 spiro atoms. The maximum absolute atomic E-state index is 5.28. The minimum Gasteiger partial charge on any atom is -0.375 e. The second kappa shape index (κ2) is 6.35. The summed E-state index contributed by atoms with van der Waals surface area (Å²) in [4.78, 5) is 2.43. The van der Waals surface area contributed by atoms with Gasteiger partial charge in [0.2, 0.25) is 0 Å². The van der Waals surface area contributed by atoms with Crippen LogP contribution in [-0.2, 0) is 0 Å². The molecular weight excluding hydrogens is 244 g/mol. The molecular formula is C13H18N4S. The first-order chi connectivity index (χ1) is 8.75. The largest absolute Gasteiger partial charge is 0.375 e. The van der Waals surface area contributed by atoms with Crippen LogP contribution >= 0.6 is 12.2 Å². The van der Waals surface area contributed by atoms with Crippen LogP contribution in [0.1, 0.15) is 24.8 Å². The van der Waals surface area contributed by atoms with Gasteiger partial charge < -0.3 is 10.6 Å². The average molecular weight is 262 g/mol. The molecule has 0 amide bonds. The lowest BCUT2D eigenvalue weighted by Gasteiger charge is -2.28. The summed E-state index contributed by atoms with van der Waals surface area (Å²) in [6.07, 6.45) is 5.65. The molecule has 2 rings (SSSR count). The van der Waals surface area contributed by atoms with Gasteiger partial charge in [-0.3, -0.25) is 5.43 Å². The van der Waals surface area contributed by atoms with Crippen molar-refractivity contribution >= 4 is 29.2 Å². The highest BCUT2D eigenvalue weighted by atomic mass is 32.1. The van der Waals surface area contributed by atoms with Crippen molar-refractivity contribution in [1.82, 2.24) is 5.43 Å². The fourth-order valence-corrected chi connectivity index (χ4v) is 2.15. The average Bonchev–Trinajstić information content (AvgIpc) is 2.40. The van der Waals surface area contributed by atoms with Crippen LogP contribution in [0.25, 0.3) is 0 Å². The van der Waals surface area contributed by atoms with Crippen molar-refractivity contribution in [2.24, 2.45) is 10.8 Å². The first kappa shape index (κ1) is 12.8. The van der Waals surface area contributed by atoms with Crippen molar-refractivity contribution in [2.45, 2.75) is 19.3 Å².